The molecule has 19 heavy (non-hydrogen) atoms. The Bertz CT molecular complexity index is 595. The summed E-state index contributed by atoms with van der Waals surface area (Å²) < 4.78 is 31.8. The highest BCUT2D eigenvalue weighted by Crippen LogP contribution is 2.19. The average Bonchev–Trinajstić information content (AvgIpc) is 2.70. The van der Waals surface area contributed by atoms with Crippen LogP contribution in [0, 0.1) is 6.92 Å². The van der Waals surface area contributed by atoms with Crippen LogP contribution in [0.15, 0.2) is 23.1 Å². The normalized spacial score (nSPS) is 16.1. The predicted molar refractivity (Wildman–Crippen MR) is 70.5 cm³/mol. The van der Waals surface area contributed by atoms with Crippen LogP contribution < -0.4 is 0 Å². The number of rotatable bonds is 4. The minimum atomic E-state index is -4.21. The fourth-order valence-corrected chi connectivity index (χ4v) is 3.08. The van der Waals surface area contributed by atoms with E-state index in [1.807, 2.05) is 6.92 Å². The molecule has 1 amide bonds. The molecule has 1 N–H and O–H groups in total. The minimum Gasteiger partial charge on any atom is -0.342 e. The van der Waals surface area contributed by atoms with E-state index < -0.39 is 10.1 Å². The number of nitrogens with zero attached hydrogens (tertiary/aromatic N) is 1. The summed E-state index contributed by atoms with van der Waals surface area (Å²) in [5.74, 6) is 0.112. The molecule has 1 aliphatic rings. The zero-order chi connectivity index (χ0) is 14.0. The van der Waals surface area contributed by atoms with Gasteiger partial charge in [0, 0.05) is 19.5 Å². The van der Waals surface area contributed by atoms with Gasteiger partial charge in [0.1, 0.15) is 0 Å². The second kappa shape index (κ2) is 5.30. The fourth-order valence-electron chi connectivity index (χ4n) is 2.35. The van der Waals surface area contributed by atoms with E-state index in [0.29, 0.717) is 24.9 Å². The van der Waals surface area contributed by atoms with Gasteiger partial charge in [-0.1, -0.05) is 17.7 Å². The average molecular weight is 283 g/mol. The van der Waals surface area contributed by atoms with Crippen LogP contribution >= 0.6 is 0 Å². The third-order valence-electron chi connectivity index (χ3n) is 3.32. The Kier molecular flexibility index (Phi) is 3.91. The van der Waals surface area contributed by atoms with Crippen LogP contribution in [0.25, 0.3) is 0 Å². The molecule has 0 unspecified atom stereocenters. The summed E-state index contributed by atoms with van der Waals surface area (Å²) in [6, 6.07) is 4.79. The van der Waals surface area contributed by atoms with Crippen LogP contribution in [0.1, 0.15) is 24.0 Å². The maximum absolute atomic E-state index is 11.5. The van der Waals surface area contributed by atoms with Gasteiger partial charge in [0.05, 0.1) is 4.90 Å². The third kappa shape index (κ3) is 3.33. The molecular weight excluding hydrogens is 266 g/mol. The van der Waals surface area contributed by atoms with E-state index in [9.17, 15) is 17.8 Å². The Balaban J connectivity index is 2.19. The molecule has 6 heteroatoms. The Labute approximate surface area is 113 Å². The van der Waals surface area contributed by atoms with E-state index in [0.717, 1.165) is 18.5 Å². The van der Waals surface area contributed by atoms with Crippen molar-refractivity contribution >= 4 is 16.0 Å². The van der Waals surface area contributed by atoms with E-state index in [1.54, 1.807) is 17.0 Å². The van der Waals surface area contributed by atoms with Crippen molar-refractivity contribution in [1.29, 1.82) is 0 Å². The first kappa shape index (κ1) is 14.0. The van der Waals surface area contributed by atoms with Gasteiger partial charge >= 0.3 is 0 Å². The van der Waals surface area contributed by atoms with Crippen LogP contribution in [-0.4, -0.2) is 36.9 Å². The van der Waals surface area contributed by atoms with Crippen molar-refractivity contribution in [3.63, 3.8) is 0 Å². The molecule has 0 aromatic heterocycles. The first-order valence-corrected chi connectivity index (χ1v) is 7.67. The molecule has 0 spiro atoms. The molecule has 104 valence electrons. The van der Waals surface area contributed by atoms with Gasteiger partial charge in [0.15, 0.2) is 0 Å². The number of carbonyl (C=O) groups is 1. The molecule has 5 nitrogen and oxygen atoms in total. The van der Waals surface area contributed by atoms with Gasteiger partial charge in [-0.3, -0.25) is 9.35 Å². The van der Waals surface area contributed by atoms with E-state index in [1.165, 1.54) is 6.07 Å². The zero-order valence-electron chi connectivity index (χ0n) is 10.8. The maximum Gasteiger partial charge on any atom is 0.294 e. The molecule has 0 bridgehead atoms. The topological polar surface area (TPSA) is 74.7 Å². The molecule has 0 atom stereocenters. The summed E-state index contributed by atoms with van der Waals surface area (Å²) in [5, 5.41) is 0. The summed E-state index contributed by atoms with van der Waals surface area (Å²) in [4.78, 5) is 13.2. The summed E-state index contributed by atoms with van der Waals surface area (Å²) in [6.07, 6.45) is 1.86. The highest BCUT2D eigenvalue weighted by atomic mass is 32.2. The van der Waals surface area contributed by atoms with Gasteiger partial charge in [-0.2, -0.15) is 8.42 Å². The van der Waals surface area contributed by atoms with Gasteiger partial charge in [-0.25, -0.2) is 0 Å². The predicted octanol–water partition coefficient (Wildman–Crippen LogP) is 1.41. The molecule has 1 saturated heterocycles. The van der Waals surface area contributed by atoms with Gasteiger partial charge in [-0.15, -0.1) is 0 Å². The largest absolute Gasteiger partial charge is 0.342 e. The lowest BCUT2D eigenvalue weighted by molar-refractivity contribution is -0.127. The van der Waals surface area contributed by atoms with Gasteiger partial charge < -0.3 is 4.90 Å². The fraction of sp³-hybridized carbons (Fsp3) is 0.462. The van der Waals surface area contributed by atoms with Crippen molar-refractivity contribution in [3.05, 3.63) is 29.3 Å². The maximum atomic E-state index is 11.5. The second-order valence-electron chi connectivity index (χ2n) is 4.82. The lowest BCUT2D eigenvalue weighted by Gasteiger charge is -2.16. The van der Waals surface area contributed by atoms with Crippen molar-refractivity contribution in [1.82, 2.24) is 4.90 Å². The van der Waals surface area contributed by atoms with E-state index in [-0.39, 0.29) is 10.8 Å². The van der Waals surface area contributed by atoms with Crippen LogP contribution in [0.4, 0.5) is 0 Å². The monoisotopic (exact) mass is 283 g/mol. The number of likely N-dealkylation sites (tertiary alicyclic amines) is 1. The first-order chi connectivity index (χ1) is 8.88. The summed E-state index contributed by atoms with van der Waals surface area (Å²) in [5.41, 5.74) is 1.48. The molecule has 0 saturated carbocycles. The SMILES string of the molecule is Cc1ccc(S(=O)(=O)O)c(CCN2CCCC2=O)c1. The lowest BCUT2D eigenvalue weighted by Crippen LogP contribution is -2.27. The van der Waals surface area contributed by atoms with Crippen molar-refractivity contribution in [3.8, 4) is 0 Å². The highest BCUT2D eigenvalue weighted by molar-refractivity contribution is 7.85. The number of benzene rings is 1. The Morgan fingerprint density at radius 1 is 1.37 bits per heavy atom. The summed E-state index contributed by atoms with van der Waals surface area (Å²) >= 11 is 0. The van der Waals surface area contributed by atoms with Crippen molar-refractivity contribution in [2.75, 3.05) is 13.1 Å². The molecule has 1 aromatic carbocycles. The molecule has 2 rings (SSSR count). The van der Waals surface area contributed by atoms with E-state index in [2.05, 4.69) is 0 Å². The van der Waals surface area contributed by atoms with Crippen LogP contribution in [0.5, 0.6) is 0 Å². The van der Waals surface area contributed by atoms with Crippen molar-refractivity contribution in [2.45, 2.75) is 31.1 Å². The van der Waals surface area contributed by atoms with E-state index in [4.69, 9.17) is 0 Å². The molecule has 1 fully saturated rings. The summed E-state index contributed by atoms with van der Waals surface area (Å²) in [6.45, 7) is 3.08. The molecule has 1 aliphatic heterocycles. The zero-order valence-corrected chi connectivity index (χ0v) is 11.6. The molecular formula is C13H17NO4S. The number of amides is 1. The second-order valence-corrected chi connectivity index (χ2v) is 6.21. The summed E-state index contributed by atoms with van der Waals surface area (Å²) in [7, 11) is -4.21. The molecule has 0 aliphatic carbocycles. The first-order valence-electron chi connectivity index (χ1n) is 6.23. The quantitative estimate of drug-likeness (QED) is 0.848. The lowest BCUT2D eigenvalue weighted by atomic mass is 10.1. The Morgan fingerprint density at radius 3 is 2.68 bits per heavy atom. The van der Waals surface area contributed by atoms with Gasteiger partial charge in [0.2, 0.25) is 5.91 Å². The van der Waals surface area contributed by atoms with Crippen LogP contribution in [0.2, 0.25) is 0 Å². The smallest absolute Gasteiger partial charge is 0.294 e. The minimum absolute atomic E-state index is 0.0651. The van der Waals surface area contributed by atoms with Crippen LogP contribution in [0.3, 0.4) is 0 Å². The van der Waals surface area contributed by atoms with E-state index >= 15 is 0 Å². The standard InChI is InChI=1S/C13H17NO4S/c1-10-4-5-12(19(16,17)18)11(9-10)6-8-14-7-2-3-13(14)15/h4-5,9H,2-3,6-8H2,1H3,(H,16,17,18). The number of carbonyl (C=O) groups excluding carboxylic acids is 1. The van der Waals surface area contributed by atoms with Crippen molar-refractivity contribution < 1.29 is 17.8 Å². The Hall–Kier alpha value is -1.40. The number of aryl methyl sites for hydroxylation is 1. The number of hydrogen-bond acceptors (Lipinski definition) is 3. The molecule has 0 radical (unpaired) electrons. The number of hydrogen-bond donors (Lipinski definition) is 1. The highest BCUT2D eigenvalue weighted by Gasteiger charge is 2.21. The van der Waals surface area contributed by atoms with Crippen LogP contribution in [-0.2, 0) is 21.3 Å². The van der Waals surface area contributed by atoms with Crippen molar-refractivity contribution in [2.24, 2.45) is 0 Å². The van der Waals surface area contributed by atoms with Gasteiger partial charge in [-0.05, 0) is 31.4 Å². The molecule has 1 aromatic rings. The van der Waals surface area contributed by atoms with Gasteiger partial charge in [0.25, 0.3) is 10.1 Å². The molecule has 1 heterocycles. The Morgan fingerprint density at radius 2 is 2.11 bits per heavy atom. The third-order valence-corrected chi connectivity index (χ3v) is 4.27.